The van der Waals surface area contributed by atoms with Gasteiger partial charge in [-0.15, -0.1) is 0 Å². The second-order valence-electron chi connectivity index (χ2n) is 6.59. The highest BCUT2D eigenvalue weighted by atomic mass is 31.1. The average molecular weight is 355 g/mol. The second-order valence-corrected chi connectivity index (χ2v) is 8.23. The van der Waals surface area contributed by atoms with Crippen LogP contribution in [0.5, 0.6) is 0 Å². The van der Waals surface area contributed by atoms with Gasteiger partial charge in [-0.25, -0.2) is 0 Å². The zero-order valence-corrected chi connectivity index (χ0v) is 15.5. The third-order valence-corrected chi connectivity index (χ3v) is 6.07. The molecule has 1 aromatic heterocycles. The van der Waals surface area contributed by atoms with E-state index in [0.717, 1.165) is 21.9 Å². The van der Waals surface area contributed by atoms with Crippen molar-refractivity contribution in [1.82, 2.24) is 0 Å². The summed E-state index contributed by atoms with van der Waals surface area (Å²) in [7, 11) is 2.76. The highest BCUT2D eigenvalue weighted by molar-refractivity contribution is 7.43. The lowest BCUT2D eigenvalue weighted by atomic mass is 9.99. The summed E-state index contributed by atoms with van der Waals surface area (Å²) in [5.74, 6) is 0. The highest BCUT2D eigenvalue weighted by Gasteiger charge is 2.13. The fourth-order valence-electron chi connectivity index (χ4n) is 3.52. The van der Waals surface area contributed by atoms with Crippen LogP contribution in [-0.2, 0) is 0 Å². The van der Waals surface area contributed by atoms with Gasteiger partial charge in [-0.3, -0.25) is 4.49 Å². The summed E-state index contributed by atoms with van der Waals surface area (Å²) in [6.07, 6.45) is 0. The van der Waals surface area contributed by atoms with Crippen LogP contribution in [0.15, 0.2) is 81.2 Å². The molecule has 3 nitrogen and oxygen atoms in total. The van der Waals surface area contributed by atoms with Crippen molar-refractivity contribution in [1.29, 1.82) is 0 Å². The van der Waals surface area contributed by atoms with Crippen LogP contribution in [0.2, 0.25) is 0 Å². The van der Waals surface area contributed by atoms with Crippen molar-refractivity contribution in [3.05, 3.63) is 72.8 Å². The topological polar surface area (TPSA) is 29.5 Å². The van der Waals surface area contributed by atoms with E-state index >= 15 is 0 Å². The van der Waals surface area contributed by atoms with Crippen LogP contribution in [0.4, 0.5) is 0 Å². The molecule has 26 heavy (non-hydrogen) atoms. The minimum absolute atomic E-state index is 0.874. The molecule has 0 saturated carbocycles. The normalized spacial score (nSPS) is 11.7. The number of hydrogen-bond donors (Lipinski definition) is 0. The lowest BCUT2D eigenvalue weighted by molar-refractivity contribution is 0.644. The maximum atomic E-state index is 6.33. The first-order valence-electron chi connectivity index (χ1n) is 8.59. The zero-order valence-electron chi connectivity index (χ0n) is 14.6. The van der Waals surface area contributed by atoms with Gasteiger partial charge in [0, 0.05) is 10.8 Å². The molecule has 5 aromatic rings. The Morgan fingerprint density at radius 2 is 1.08 bits per heavy atom. The van der Waals surface area contributed by atoms with Gasteiger partial charge < -0.3 is 8.39 Å². The van der Waals surface area contributed by atoms with Gasteiger partial charge in [0.25, 0.3) is 8.16 Å². The van der Waals surface area contributed by atoms with E-state index in [4.69, 9.17) is 8.39 Å². The van der Waals surface area contributed by atoms with Crippen LogP contribution >= 0.6 is 8.16 Å². The molecule has 0 N–H and O–H groups in total. The molecular formula is C20H16B2NO2P. The Morgan fingerprint density at radius 3 is 1.54 bits per heavy atom. The van der Waals surface area contributed by atoms with Gasteiger partial charge in [-0.05, 0) is 33.7 Å². The van der Waals surface area contributed by atoms with E-state index in [0.29, 0.717) is 0 Å². The second kappa shape index (κ2) is 5.98. The molecule has 0 spiro atoms. The Kier molecular flexibility index (Phi) is 3.59. The van der Waals surface area contributed by atoms with Gasteiger partial charge in [-0.2, -0.15) is 0 Å². The van der Waals surface area contributed by atoms with Crippen LogP contribution in [0, 0.1) is 0 Å². The summed E-state index contributed by atoms with van der Waals surface area (Å²) < 4.78 is 14.7. The largest absolute Gasteiger partial charge is 0.409 e. The van der Waals surface area contributed by atoms with E-state index < -0.39 is 8.16 Å². The summed E-state index contributed by atoms with van der Waals surface area (Å²) in [6, 6.07) is 25.3. The third kappa shape index (κ3) is 2.36. The molecule has 6 heteroatoms. The molecule has 1 heterocycles. The molecule has 0 aliphatic heterocycles. The standard InChI is InChI=1S/C20H16B2NO2P/c21-23(22)26-24-17-11-9-13-5-1-3-7-15(13)19(17)20-16-8-4-2-6-14(16)10-12-18(20)25-26/h1-12H,21-22H2. The SMILES string of the molecule is BN(B)p1oc2ccc3ccccc3c2c2c(ccc3ccccc32)o1. The first-order valence-corrected chi connectivity index (χ1v) is 9.72. The first kappa shape index (κ1) is 15.6. The molecular weight excluding hydrogens is 339 g/mol. The molecule has 0 aliphatic carbocycles. The predicted molar refractivity (Wildman–Crippen MR) is 117 cm³/mol. The van der Waals surface area contributed by atoms with Crippen LogP contribution in [-0.4, -0.2) is 16.0 Å². The van der Waals surface area contributed by atoms with Gasteiger partial charge in [0.2, 0.25) is 0 Å². The molecule has 0 radical (unpaired) electrons. The van der Waals surface area contributed by atoms with Gasteiger partial charge in [0.1, 0.15) is 11.2 Å². The minimum Gasteiger partial charge on any atom is -0.409 e. The molecule has 0 bridgehead atoms. The summed E-state index contributed by atoms with van der Waals surface area (Å²) in [4.78, 5) is 0. The van der Waals surface area contributed by atoms with Crippen LogP contribution < -0.4 is 4.49 Å². The smallest absolute Gasteiger partial charge is 0.285 e. The Morgan fingerprint density at radius 1 is 0.615 bits per heavy atom. The summed E-state index contributed by atoms with van der Waals surface area (Å²) in [5, 5.41) is 6.99. The molecule has 0 aliphatic rings. The lowest BCUT2D eigenvalue weighted by Crippen LogP contribution is -2.08. The van der Waals surface area contributed by atoms with Gasteiger partial charge in [0.15, 0.2) is 16.0 Å². The maximum absolute atomic E-state index is 6.33. The van der Waals surface area contributed by atoms with Crippen molar-refractivity contribution in [3.63, 3.8) is 0 Å². The zero-order chi connectivity index (χ0) is 17.7. The molecule has 0 saturated heterocycles. The Hall–Kier alpha value is -2.61. The van der Waals surface area contributed by atoms with Crippen molar-refractivity contribution < 1.29 is 8.39 Å². The first-order chi connectivity index (χ1) is 12.7. The van der Waals surface area contributed by atoms with Crippen LogP contribution in [0.25, 0.3) is 43.5 Å². The molecule has 4 aromatic carbocycles. The predicted octanol–water partition coefficient (Wildman–Crippen LogP) is 4.63. The Bertz CT molecular complexity index is 1230. The van der Waals surface area contributed by atoms with E-state index in [-0.39, 0.29) is 0 Å². The van der Waals surface area contributed by atoms with Crippen molar-refractivity contribution in [2.75, 3.05) is 4.49 Å². The minimum atomic E-state index is -1.21. The van der Waals surface area contributed by atoms with Crippen LogP contribution in [0.3, 0.4) is 0 Å². The summed E-state index contributed by atoms with van der Waals surface area (Å²) in [6.45, 7) is 0. The number of nitrogens with zero attached hydrogens (tertiary/aromatic N) is 1. The van der Waals surface area contributed by atoms with E-state index in [1.165, 1.54) is 21.5 Å². The average Bonchev–Trinajstić information content (AvgIpc) is 2.85. The number of benzene rings is 4. The quantitative estimate of drug-likeness (QED) is 0.411. The fourth-order valence-corrected chi connectivity index (χ4v) is 4.53. The van der Waals surface area contributed by atoms with Crippen molar-refractivity contribution in [2.24, 2.45) is 0 Å². The highest BCUT2D eigenvalue weighted by Crippen LogP contribution is 2.40. The Labute approximate surface area is 153 Å². The van der Waals surface area contributed by atoms with E-state index in [1.54, 1.807) is 0 Å². The van der Waals surface area contributed by atoms with Crippen molar-refractivity contribution in [2.45, 2.75) is 0 Å². The number of rotatable bonds is 1. The molecule has 0 unspecified atom stereocenters. The number of hydrogen-bond acceptors (Lipinski definition) is 3. The van der Waals surface area contributed by atoms with Gasteiger partial charge in [-0.1, -0.05) is 60.7 Å². The third-order valence-electron chi connectivity index (χ3n) is 4.71. The Balaban J connectivity index is 2.18. The van der Waals surface area contributed by atoms with Crippen molar-refractivity contribution in [3.8, 4) is 0 Å². The van der Waals surface area contributed by atoms with E-state index in [2.05, 4.69) is 72.8 Å². The molecule has 0 fully saturated rings. The monoisotopic (exact) mass is 355 g/mol. The maximum Gasteiger partial charge on any atom is 0.285 e. The molecule has 0 amide bonds. The fraction of sp³-hybridized carbons (Fsp3) is 0. The molecule has 5 rings (SSSR count). The lowest BCUT2D eigenvalue weighted by Gasteiger charge is -2.05. The van der Waals surface area contributed by atoms with E-state index in [9.17, 15) is 0 Å². The van der Waals surface area contributed by atoms with Gasteiger partial charge >= 0.3 is 0 Å². The van der Waals surface area contributed by atoms with Crippen LogP contribution in [0.1, 0.15) is 0 Å². The molecule has 0 atom stereocenters. The van der Waals surface area contributed by atoms with Gasteiger partial charge in [0.05, 0.1) is 0 Å². The summed E-state index contributed by atoms with van der Waals surface area (Å²) >= 11 is 0. The summed E-state index contributed by atoms with van der Waals surface area (Å²) in [5.41, 5.74) is 1.75. The van der Waals surface area contributed by atoms with E-state index in [1.807, 2.05) is 20.5 Å². The number of fused-ring (bicyclic) bond motifs is 7. The molecule has 124 valence electrons. The van der Waals surface area contributed by atoms with Crippen molar-refractivity contribution >= 4 is 67.6 Å².